The summed E-state index contributed by atoms with van der Waals surface area (Å²) >= 11 is 0. The van der Waals surface area contributed by atoms with Gasteiger partial charge in [-0.1, -0.05) is 0 Å². The van der Waals surface area contributed by atoms with Crippen LogP contribution in [-0.4, -0.2) is 32.4 Å². The standard InChI is InChI=1S/C11H19O5/c1-10(12)15-8-6-4-3-5-7-9-16-11(13)14-2/h4H,3,5-9H2,1-2H3. The second-order valence-corrected chi connectivity index (χ2v) is 3.22. The lowest BCUT2D eigenvalue weighted by atomic mass is 10.1. The topological polar surface area (TPSA) is 61.8 Å². The molecule has 0 amide bonds. The summed E-state index contributed by atoms with van der Waals surface area (Å²) in [6.07, 6.45) is 4.85. The molecular formula is C11H19O5. The van der Waals surface area contributed by atoms with Crippen molar-refractivity contribution in [2.45, 2.75) is 32.6 Å². The van der Waals surface area contributed by atoms with Crippen LogP contribution in [-0.2, 0) is 19.0 Å². The predicted octanol–water partition coefficient (Wildman–Crippen LogP) is 2.10. The van der Waals surface area contributed by atoms with Gasteiger partial charge >= 0.3 is 12.1 Å². The number of esters is 1. The molecule has 0 heterocycles. The molecule has 0 rings (SSSR count). The molecule has 0 bridgehead atoms. The lowest BCUT2D eigenvalue weighted by Crippen LogP contribution is -2.05. The van der Waals surface area contributed by atoms with Crippen molar-refractivity contribution in [1.29, 1.82) is 0 Å². The first kappa shape index (κ1) is 14.7. The van der Waals surface area contributed by atoms with Gasteiger partial charge in [-0.15, -0.1) is 0 Å². The highest BCUT2D eigenvalue weighted by Gasteiger charge is 1.99. The molecule has 0 fully saturated rings. The van der Waals surface area contributed by atoms with Gasteiger partial charge in [0.15, 0.2) is 0 Å². The molecule has 0 aliphatic carbocycles. The fourth-order valence-corrected chi connectivity index (χ4v) is 1.04. The zero-order valence-electron chi connectivity index (χ0n) is 9.86. The Morgan fingerprint density at radius 1 is 1.06 bits per heavy atom. The van der Waals surface area contributed by atoms with Gasteiger partial charge in [-0.05, 0) is 32.1 Å². The number of hydrogen-bond donors (Lipinski definition) is 0. The molecule has 16 heavy (non-hydrogen) atoms. The third-order valence-electron chi connectivity index (χ3n) is 1.82. The molecule has 1 radical (unpaired) electrons. The first-order valence-electron chi connectivity index (χ1n) is 5.32. The van der Waals surface area contributed by atoms with E-state index >= 15 is 0 Å². The fraction of sp³-hybridized carbons (Fsp3) is 0.727. The van der Waals surface area contributed by atoms with Crippen LogP contribution in [0.3, 0.4) is 0 Å². The van der Waals surface area contributed by atoms with Crippen molar-refractivity contribution in [1.82, 2.24) is 0 Å². The Hall–Kier alpha value is -1.26. The Labute approximate surface area is 96.1 Å². The van der Waals surface area contributed by atoms with E-state index in [2.05, 4.69) is 11.2 Å². The maximum absolute atomic E-state index is 10.5. The molecule has 5 nitrogen and oxygen atoms in total. The molecule has 93 valence electrons. The van der Waals surface area contributed by atoms with Crippen LogP contribution < -0.4 is 0 Å². The molecule has 0 aromatic rings. The second kappa shape index (κ2) is 10.3. The van der Waals surface area contributed by atoms with Crippen molar-refractivity contribution in [3.05, 3.63) is 6.42 Å². The van der Waals surface area contributed by atoms with Crippen LogP contribution in [0.2, 0.25) is 0 Å². The highest BCUT2D eigenvalue weighted by Crippen LogP contribution is 2.02. The lowest BCUT2D eigenvalue weighted by molar-refractivity contribution is -0.140. The number of ether oxygens (including phenoxy) is 3. The molecule has 0 aromatic heterocycles. The van der Waals surface area contributed by atoms with E-state index in [1.165, 1.54) is 14.0 Å². The molecule has 0 unspecified atom stereocenters. The van der Waals surface area contributed by atoms with Crippen molar-refractivity contribution in [2.75, 3.05) is 20.3 Å². The Kier molecular flexibility index (Phi) is 9.46. The van der Waals surface area contributed by atoms with E-state index in [0.29, 0.717) is 13.2 Å². The first-order chi connectivity index (χ1) is 7.66. The van der Waals surface area contributed by atoms with Crippen molar-refractivity contribution >= 4 is 12.1 Å². The van der Waals surface area contributed by atoms with Crippen LogP contribution in [0.4, 0.5) is 4.79 Å². The molecule has 0 saturated heterocycles. The lowest BCUT2D eigenvalue weighted by Gasteiger charge is -2.03. The normalized spacial score (nSPS) is 9.62. The van der Waals surface area contributed by atoms with Crippen LogP contribution >= 0.6 is 0 Å². The van der Waals surface area contributed by atoms with E-state index in [9.17, 15) is 9.59 Å². The number of carbonyl (C=O) groups is 2. The third-order valence-corrected chi connectivity index (χ3v) is 1.82. The first-order valence-corrected chi connectivity index (χ1v) is 5.32. The maximum atomic E-state index is 10.5. The van der Waals surface area contributed by atoms with Gasteiger partial charge in [0.05, 0.1) is 20.3 Å². The molecule has 0 atom stereocenters. The SMILES string of the molecule is COC(=O)OCCCC[CH]CCOC(C)=O. The van der Waals surface area contributed by atoms with E-state index < -0.39 is 6.16 Å². The Morgan fingerprint density at radius 3 is 2.44 bits per heavy atom. The van der Waals surface area contributed by atoms with E-state index in [0.717, 1.165) is 25.7 Å². The smallest absolute Gasteiger partial charge is 0.466 e. The van der Waals surface area contributed by atoms with Gasteiger partial charge in [-0.25, -0.2) is 4.79 Å². The minimum Gasteiger partial charge on any atom is -0.466 e. The van der Waals surface area contributed by atoms with Crippen LogP contribution in [0.15, 0.2) is 0 Å². The number of hydrogen-bond acceptors (Lipinski definition) is 5. The molecule has 0 spiro atoms. The summed E-state index contributed by atoms with van der Waals surface area (Å²) in [6, 6.07) is 0. The Bertz CT molecular complexity index is 203. The molecule has 0 aliphatic heterocycles. The molecule has 0 saturated carbocycles. The Balaban J connectivity index is 3.04. The summed E-state index contributed by atoms with van der Waals surface area (Å²) in [7, 11) is 1.28. The summed E-state index contributed by atoms with van der Waals surface area (Å²) in [5, 5.41) is 0. The number of methoxy groups -OCH3 is 1. The van der Waals surface area contributed by atoms with Gasteiger partial charge in [0.1, 0.15) is 0 Å². The van der Waals surface area contributed by atoms with E-state index in [1.807, 2.05) is 0 Å². The molecule has 5 heteroatoms. The molecule has 0 N–H and O–H groups in total. The van der Waals surface area contributed by atoms with Gasteiger partial charge in [-0.3, -0.25) is 4.79 Å². The minimum atomic E-state index is -0.640. The predicted molar refractivity (Wildman–Crippen MR) is 57.8 cm³/mol. The fourth-order valence-electron chi connectivity index (χ4n) is 1.04. The third kappa shape index (κ3) is 10.8. The second-order valence-electron chi connectivity index (χ2n) is 3.22. The largest absolute Gasteiger partial charge is 0.507 e. The zero-order valence-corrected chi connectivity index (χ0v) is 9.86. The molecule has 0 aromatic carbocycles. The highest BCUT2D eigenvalue weighted by molar-refractivity contribution is 5.65. The minimum absolute atomic E-state index is 0.250. The number of carbonyl (C=O) groups excluding carboxylic acids is 2. The number of unbranched alkanes of at least 4 members (excludes halogenated alkanes) is 4. The van der Waals surface area contributed by atoms with Crippen molar-refractivity contribution in [2.24, 2.45) is 0 Å². The van der Waals surface area contributed by atoms with E-state index in [-0.39, 0.29) is 5.97 Å². The van der Waals surface area contributed by atoms with Crippen molar-refractivity contribution in [3.8, 4) is 0 Å². The summed E-state index contributed by atoms with van der Waals surface area (Å²) in [6.45, 7) is 2.21. The maximum Gasteiger partial charge on any atom is 0.507 e. The van der Waals surface area contributed by atoms with Gasteiger partial charge in [0, 0.05) is 6.92 Å². The average Bonchev–Trinajstić information content (AvgIpc) is 2.26. The van der Waals surface area contributed by atoms with Gasteiger partial charge < -0.3 is 14.2 Å². The average molecular weight is 231 g/mol. The highest BCUT2D eigenvalue weighted by atomic mass is 16.7. The summed E-state index contributed by atoms with van der Waals surface area (Å²) in [5.41, 5.74) is 0. The van der Waals surface area contributed by atoms with Gasteiger partial charge in [-0.2, -0.15) is 0 Å². The van der Waals surface area contributed by atoms with E-state index in [4.69, 9.17) is 9.47 Å². The van der Waals surface area contributed by atoms with Crippen LogP contribution in [0.1, 0.15) is 32.6 Å². The van der Waals surface area contributed by atoms with Crippen LogP contribution in [0, 0.1) is 6.42 Å². The summed E-state index contributed by atoms with van der Waals surface area (Å²) in [4.78, 5) is 21.0. The van der Waals surface area contributed by atoms with Gasteiger partial charge in [0.2, 0.25) is 0 Å². The van der Waals surface area contributed by atoms with Crippen molar-refractivity contribution < 1.29 is 23.8 Å². The number of rotatable bonds is 8. The summed E-state index contributed by atoms with van der Waals surface area (Å²) < 4.78 is 13.8. The quantitative estimate of drug-likeness (QED) is 0.473. The summed E-state index contributed by atoms with van der Waals surface area (Å²) in [5.74, 6) is -0.250. The Morgan fingerprint density at radius 2 is 1.81 bits per heavy atom. The molecule has 0 aliphatic rings. The van der Waals surface area contributed by atoms with Gasteiger partial charge in [0.25, 0.3) is 0 Å². The van der Waals surface area contributed by atoms with Crippen LogP contribution in [0.25, 0.3) is 0 Å². The van der Waals surface area contributed by atoms with Crippen molar-refractivity contribution in [3.63, 3.8) is 0 Å². The van der Waals surface area contributed by atoms with Crippen LogP contribution in [0.5, 0.6) is 0 Å². The monoisotopic (exact) mass is 231 g/mol. The zero-order chi connectivity index (χ0) is 12.2. The van der Waals surface area contributed by atoms with E-state index in [1.54, 1.807) is 0 Å². The molecular weight excluding hydrogens is 212 g/mol.